The van der Waals surface area contributed by atoms with Crippen molar-refractivity contribution in [2.24, 2.45) is 0 Å². The molecule has 1 amide bonds. The van der Waals surface area contributed by atoms with E-state index < -0.39 is 5.97 Å². The number of anilines is 1. The minimum atomic E-state index is -0.844. The van der Waals surface area contributed by atoms with Crippen LogP contribution in [0.2, 0.25) is 5.02 Å². The maximum absolute atomic E-state index is 11.6. The van der Waals surface area contributed by atoms with Gasteiger partial charge in [-0.2, -0.15) is 0 Å². The van der Waals surface area contributed by atoms with Crippen LogP contribution in [0.5, 0.6) is 5.75 Å². The Balaban J connectivity index is 2.42. The van der Waals surface area contributed by atoms with Crippen molar-refractivity contribution in [3.63, 3.8) is 0 Å². The first-order valence-electron chi connectivity index (χ1n) is 6.47. The maximum atomic E-state index is 11.6. The number of carboxylic acids is 1. The summed E-state index contributed by atoms with van der Waals surface area (Å²) >= 11 is 6.01. The summed E-state index contributed by atoms with van der Waals surface area (Å²) in [6.07, 6.45) is 1.41. The summed E-state index contributed by atoms with van der Waals surface area (Å²) in [7, 11) is 0. The highest BCUT2D eigenvalue weighted by Gasteiger charge is 2.06. The van der Waals surface area contributed by atoms with Crippen molar-refractivity contribution in [1.29, 1.82) is 0 Å². The van der Waals surface area contributed by atoms with Crippen LogP contribution in [0.4, 0.5) is 5.69 Å². The summed E-state index contributed by atoms with van der Waals surface area (Å²) in [6.45, 7) is 2.39. The van der Waals surface area contributed by atoms with Gasteiger partial charge in [-0.1, -0.05) is 11.6 Å². The third-order valence-corrected chi connectivity index (χ3v) is 2.86. The molecule has 2 N–H and O–H groups in total. The number of halogens is 1. The number of hydrogen-bond acceptors (Lipinski definition) is 3. The molecule has 1 aromatic rings. The molecule has 0 heterocycles. The van der Waals surface area contributed by atoms with Crippen molar-refractivity contribution in [1.82, 2.24) is 0 Å². The van der Waals surface area contributed by atoms with Gasteiger partial charge in [0.15, 0.2) is 0 Å². The lowest BCUT2D eigenvalue weighted by Crippen LogP contribution is -2.11. The van der Waals surface area contributed by atoms with E-state index in [1.54, 1.807) is 18.2 Å². The maximum Gasteiger partial charge on any atom is 0.303 e. The first-order valence-corrected chi connectivity index (χ1v) is 6.84. The van der Waals surface area contributed by atoms with E-state index in [1.165, 1.54) is 0 Å². The fourth-order valence-corrected chi connectivity index (χ4v) is 1.87. The Morgan fingerprint density at radius 2 is 2.00 bits per heavy atom. The second kappa shape index (κ2) is 8.43. The molecule has 1 rings (SSSR count). The highest BCUT2D eigenvalue weighted by atomic mass is 35.5. The molecule has 1 aromatic carbocycles. The molecule has 20 heavy (non-hydrogen) atoms. The summed E-state index contributed by atoms with van der Waals surface area (Å²) in [4.78, 5) is 22.0. The van der Waals surface area contributed by atoms with E-state index in [9.17, 15) is 9.59 Å². The molecule has 0 aliphatic heterocycles. The minimum Gasteiger partial charge on any atom is -0.492 e. The highest BCUT2D eigenvalue weighted by molar-refractivity contribution is 6.32. The highest BCUT2D eigenvalue weighted by Crippen LogP contribution is 2.27. The Kier molecular flexibility index (Phi) is 6.87. The lowest BCUT2D eigenvalue weighted by atomic mass is 10.2. The standard InChI is InChI=1S/C14H18ClNO4/c1-2-20-12-8-7-10(9-11(12)15)16-13(17)5-3-4-6-14(18)19/h7-9H,2-6H2,1H3,(H,16,17)(H,18,19). The van der Waals surface area contributed by atoms with Gasteiger partial charge in [0, 0.05) is 18.5 Å². The Bertz CT molecular complexity index is 476. The SMILES string of the molecule is CCOc1ccc(NC(=O)CCCCC(=O)O)cc1Cl. The topological polar surface area (TPSA) is 75.6 Å². The molecular weight excluding hydrogens is 282 g/mol. The third kappa shape index (κ3) is 5.93. The number of carboxylic acid groups (broad SMARTS) is 1. The molecular formula is C14H18ClNO4. The zero-order valence-electron chi connectivity index (χ0n) is 11.3. The number of benzene rings is 1. The fraction of sp³-hybridized carbons (Fsp3) is 0.429. The van der Waals surface area contributed by atoms with Gasteiger partial charge in [-0.05, 0) is 38.0 Å². The summed E-state index contributed by atoms with van der Waals surface area (Å²) < 4.78 is 5.30. The largest absolute Gasteiger partial charge is 0.492 e. The van der Waals surface area contributed by atoms with Crippen LogP contribution in [0.3, 0.4) is 0 Å². The quantitative estimate of drug-likeness (QED) is 0.722. The monoisotopic (exact) mass is 299 g/mol. The molecule has 0 aliphatic carbocycles. The number of ether oxygens (including phenoxy) is 1. The molecule has 0 radical (unpaired) electrons. The minimum absolute atomic E-state index is 0.0855. The lowest BCUT2D eigenvalue weighted by Gasteiger charge is -2.09. The number of carbonyl (C=O) groups excluding carboxylic acids is 1. The predicted molar refractivity (Wildman–Crippen MR) is 77.4 cm³/mol. The average Bonchev–Trinajstić information content (AvgIpc) is 2.38. The Morgan fingerprint density at radius 3 is 2.60 bits per heavy atom. The molecule has 0 aliphatic rings. The number of carbonyl (C=O) groups is 2. The number of unbranched alkanes of at least 4 members (excludes halogenated alkanes) is 1. The van der Waals surface area contributed by atoms with Crippen LogP contribution in [-0.2, 0) is 9.59 Å². The molecule has 0 unspecified atom stereocenters. The van der Waals surface area contributed by atoms with E-state index in [0.29, 0.717) is 35.9 Å². The van der Waals surface area contributed by atoms with Crippen molar-refractivity contribution in [2.45, 2.75) is 32.6 Å². The van der Waals surface area contributed by atoms with Crippen LogP contribution in [-0.4, -0.2) is 23.6 Å². The van der Waals surface area contributed by atoms with Gasteiger partial charge in [-0.3, -0.25) is 9.59 Å². The zero-order valence-corrected chi connectivity index (χ0v) is 12.1. The van der Waals surface area contributed by atoms with Crippen LogP contribution in [0.1, 0.15) is 32.6 Å². The Labute approximate surface area is 122 Å². The number of rotatable bonds is 8. The van der Waals surface area contributed by atoms with Gasteiger partial charge in [-0.25, -0.2) is 0 Å². The van der Waals surface area contributed by atoms with Crippen molar-refractivity contribution in [2.75, 3.05) is 11.9 Å². The molecule has 0 atom stereocenters. The number of nitrogens with one attached hydrogen (secondary N) is 1. The van der Waals surface area contributed by atoms with Gasteiger partial charge in [0.2, 0.25) is 5.91 Å². The van der Waals surface area contributed by atoms with Crippen molar-refractivity contribution >= 4 is 29.2 Å². The number of aliphatic carboxylic acids is 1. The van der Waals surface area contributed by atoms with Crippen LogP contribution in [0.25, 0.3) is 0 Å². The third-order valence-electron chi connectivity index (χ3n) is 2.56. The van der Waals surface area contributed by atoms with Crippen molar-refractivity contribution < 1.29 is 19.4 Å². The van der Waals surface area contributed by atoms with E-state index in [0.717, 1.165) is 0 Å². The fourth-order valence-electron chi connectivity index (χ4n) is 1.64. The molecule has 0 fully saturated rings. The molecule has 0 bridgehead atoms. The second-order valence-corrected chi connectivity index (χ2v) is 4.63. The molecule has 6 heteroatoms. The normalized spacial score (nSPS) is 10.1. The van der Waals surface area contributed by atoms with Gasteiger partial charge in [0.05, 0.1) is 11.6 Å². The summed E-state index contributed by atoms with van der Waals surface area (Å²) in [5.74, 6) is -0.423. The van der Waals surface area contributed by atoms with E-state index in [2.05, 4.69) is 5.32 Å². The van der Waals surface area contributed by atoms with E-state index in [4.69, 9.17) is 21.4 Å². The first-order chi connectivity index (χ1) is 9.52. The van der Waals surface area contributed by atoms with Gasteiger partial charge in [-0.15, -0.1) is 0 Å². The lowest BCUT2D eigenvalue weighted by molar-refractivity contribution is -0.137. The zero-order chi connectivity index (χ0) is 15.0. The summed E-state index contributed by atoms with van der Waals surface area (Å²) in [5.41, 5.74) is 0.599. The van der Waals surface area contributed by atoms with Gasteiger partial charge < -0.3 is 15.2 Å². The van der Waals surface area contributed by atoms with Gasteiger partial charge in [0.25, 0.3) is 0 Å². The molecule has 0 saturated carbocycles. The Morgan fingerprint density at radius 1 is 1.30 bits per heavy atom. The van der Waals surface area contributed by atoms with Crippen LogP contribution >= 0.6 is 11.6 Å². The molecule has 0 saturated heterocycles. The number of hydrogen-bond donors (Lipinski definition) is 2. The molecule has 5 nitrogen and oxygen atoms in total. The van der Waals surface area contributed by atoms with Crippen molar-refractivity contribution in [3.05, 3.63) is 23.2 Å². The Hall–Kier alpha value is -1.75. The van der Waals surface area contributed by atoms with Crippen molar-refractivity contribution in [3.8, 4) is 5.75 Å². The van der Waals surface area contributed by atoms with Gasteiger partial charge in [0.1, 0.15) is 5.75 Å². The van der Waals surface area contributed by atoms with Crippen LogP contribution in [0, 0.1) is 0 Å². The molecule has 0 spiro atoms. The van der Waals surface area contributed by atoms with E-state index >= 15 is 0 Å². The smallest absolute Gasteiger partial charge is 0.303 e. The summed E-state index contributed by atoms with van der Waals surface area (Å²) in [5, 5.41) is 11.6. The van der Waals surface area contributed by atoms with Crippen LogP contribution < -0.4 is 10.1 Å². The van der Waals surface area contributed by atoms with E-state index in [-0.39, 0.29) is 18.7 Å². The average molecular weight is 300 g/mol. The number of amides is 1. The summed E-state index contributed by atoms with van der Waals surface area (Å²) in [6, 6.07) is 5.04. The predicted octanol–water partition coefficient (Wildman–Crippen LogP) is 3.32. The molecule has 110 valence electrons. The molecule has 0 aromatic heterocycles. The van der Waals surface area contributed by atoms with Crippen LogP contribution in [0.15, 0.2) is 18.2 Å². The van der Waals surface area contributed by atoms with Gasteiger partial charge >= 0.3 is 5.97 Å². The van der Waals surface area contributed by atoms with E-state index in [1.807, 2.05) is 6.92 Å². The second-order valence-electron chi connectivity index (χ2n) is 4.23. The first kappa shape index (κ1) is 16.3.